The van der Waals surface area contributed by atoms with Crippen LogP contribution in [0.2, 0.25) is 0 Å². The summed E-state index contributed by atoms with van der Waals surface area (Å²) in [5.41, 5.74) is 5.16. The average Bonchev–Trinajstić information content (AvgIpc) is 2.76. The van der Waals surface area contributed by atoms with E-state index in [2.05, 4.69) is 106 Å². The summed E-state index contributed by atoms with van der Waals surface area (Å²) in [7, 11) is 0. The third kappa shape index (κ3) is 3.38. The van der Waals surface area contributed by atoms with E-state index >= 15 is 0 Å². The summed E-state index contributed by atoms with van der Waals surface area (Å²) in [6, 6.07) is 13.0. The van der Waals surface area contributed by atoms with Gasteiger partial charge in [-0.15, -0.1) is 0 Å². The summed E-state index contributed by atoms with van der Waals surface area (Å²) >= 11 is 0. The molecular weight excluding hydrogens is 460 g/mol. The maximum atomic E-state index is 6.89. The van der Waals surface area contributed by atoms with Crippen LogP contribution in [-0.4, -0.2) is 6.61 Å². The minimum absolute atomic E-state index is 0.0793. The lowest BCUT2D eigenvalue weighted by Gasteiger charge is -2.48. The second-order valence-electron chi connectivity index (χ2n) is 13.7. The van der Waals surface area contributed by atoms with Crippen LogP contribution in [0.5, 0.6) is 34.5 Å². The summed E-state index contributed by atoms with van der Waals surface area (Å²) in [4.78, 5) is 0. The van der Waals surface area contributed by atoms with Gasteiger partial charge in [0.1, 0.15) is 34.5 Å². The summed E-state index contributed by atoms with van der Waals surface area (Å²) in [6.07, 6.45) is 0. The molecule has 0 fully saturated rings. The number of hydrogen-bond donors (Lipinski definition) is 0. The molecule has 0 aromatic heterocycles. The molecule has 4 heteroatoms. The molecule has 0 aliphatic carbocycles. The van der Waals surface area contributed by atoms with E-state index in [9.17, 15) is 0 Å². The molecule has 6 rings (SSSR count). The molecule has 37 heavy (non-hydrogen) atoms. The minimum atomic E-state index is -0.868. The van der Waals surface area contributed by atoms with Gasteiger partial charge in [-0.3, -0.25) is 0 Å². The van der Waals surface area contributed by atoms with Gasteiger partial charge in [-0.2, -0.15) is 0 Å². The van der Waals surface area contributed by atoms with E-state index in [0.29, 0.717) is 6.61 Å². The molecule has 0 saturated heterocycles. The fourth-order valence-corrected chi connectivity index (χ4v) is 5.76. The highest BCUT2D eigenvalue weighted by atomic mass is 16.5. The third-order valence-corrected chi connectivity index (χ3v) is 7.87. The predicted molar refractivity (Wildman–Crippen MR) is 147 cm³/mol. The van der Waals surface area contributed by atoms with Crippen molar-refractivity contribution in [3.05, 3.63) is 69.8 Å². The molecule has 3 aliphatic heterocycles. The predicted octanol–water partition coefficient (Wildman–Crippen LogP) is 9.22. The molecule has 194 valence electrons. The van der Waals surface area contributed by atoms with Gasteiger partial charge in [0.15, 0.2) is 5.60 Å². The van der Waals surface area contributed by atoms with Crippen LogP contribution in [0.3, 0.4) is 0 Å². The molecular formula is C33H38O4. The monoisotopic (exact) mass is 498 g/mol. The zero-order valence-electron chi connectivity index (χ0n) is 23.8. The normalized spacial score (nSPS) is 16.4. The summed E-state index contributed by atoms with van der Waals surface area (Å²) in [5, 5.41) is 0. The Labute approximate surface area is 220 Å². The average molecular weight is 499 g/mol. The highest BCUT2D eigenvalue weighted by molar-refractivity contribution is 5.78. The van der Waals surface area contributed by atoms with Gasteiger partial charge in [0.25, 0.3) is 0 Å². The highest BCUT2D eigenvalue weighted by Crippen LogP contribution is 2.67. The van der Waals surface area contributed by atoms with Gasteiger partial charge in [-0.25, -0.2) is 0 Å². The zero-order chi connectivity index (χ0) is 26.7. The topological polar surface area (TPSA) is 36.9 Å². The van der Waals surface area contributed by atoms with Crippen molar-refractivity contribution in [2.24, 2.45) is 0 Å². The van der Waals surface area contributed by atoms with Crippen molar-refractivity contribution in [2.75, 3.05) is 6.61 Å². The highest BCUT2D eigenvalue weighted by Gasteiger charge is 2.57. The Hall–Kier alpha value is -2.98. The minimum Gasteiger partial charge on any atom is -0.456 e. The lowest BCUT2D eigenvalue weighted by atomic mass is 9.70. The van der Waals surface area contributed by atoms with Crippen molar-refractivity contribution in [3.8, 4) is 34.5 Å². The Morgan fingerprint density at radius 2 is 0.757 bits per heavy atom. The Balaban J connectivity index is 1.77. The molecule has 4 nitrogen and oxygen atoms in total. The first-order chi connectivity index (χ1) is 17.1. The standard InChI is InChI=1S/C33H38O4/c1-11-34-33-27-21-12-18(30(2,3)4)13-22(27)36-24-15-20(32(8,9)10)17-26(29(24)33)37-25-16-19(31(5,6)7)14-23(35-21)28(25)33/h12-17H,11H2,1-10H3. The lowest BCUT2D eigenvalue weighted by Crippen LogP contribution is -2.41. The van der Waals surface area contributed by atoms with Crippen LogP contribution in [-0.2, 0) is 26.6 Å². The van der Waals surface area contributed by atoms with E-state index in [4.69, 9.17) is 18.9 Å². The molecule has 0 amide bonds. The van der Waals surface area contributed by atoms with Crippen molar-refractivity contribution in [2.45, 2.75) is 91.1 Å². The second kappa shape index (κ2) is 7.32. The summed E-state index contributed by atoms with van der Waals surface area (Å²) < 4.78 is 27.1. The molecule has 0 unspecified atom stereocenters. The molecule has 0 saturated carbocycles. The third-order valence-electron chi connectivity index (χ3n) is 7.87. The second-order valence-corrected chi connectivity index (χ2v) is 13.7. The quantitative estimate of drug-likeness (QED) is 0.276. The van der Waals surface area contributed by atoms with E-state index in [1.165, 1.54) is 0 Å². The van der Waals surface area contributed by atoms with Gasteiger partial charge in [0, 0.05) is 6.61 Å². The Bertz CT molecular complexity index is 1220. The van der Waals surface area contributed by atoms with Gasteiger partial charge < -0.3 is 18.9 Å². The fraction of sp³-hybridized carbons (Fsp3) is 0.455. The zero-order valence-corrected chi connectivity index (χ0v) is 23.8. The molecule has 3 heterocycles. The number of rotatable bonds is 2. The molecule has 0 spiro atoms. The van der Waals surface area contributed by atoms with Crippen LogP contribution in [0.1, 0.15) is 103 Å². The first-order valence-electron chi connectivity index (χ1n) is 13.4. The molecule has 3 aliphatic rings. The Kier molecular flexibility index (Phi) is 4.82. The first-order valence-corrected chi connectivity index (χ1v) is 13.4. The number of ether oxygens (including phenoxy) is 4. The number of hydrogen-bond acceptors (Lipinski definition) is 4. The van der Waals surface area contributed by atoms with E-state index in [-0.39, 0.29) is 16.2 Å². The van der Waals surface area contributed by atoms with Crippen molar-refractivity contribution >= 4 is 0 Å². The summed E-state index contributed by atoms with van der Waals surface area (Å²) in [6.45, 7) is 22.5. The van der Waals surface area contributed by atoms with Crippen LogP contribution in [0.4, 0.5) is 0 Å². The van der Waals surface area contributed by atoms with Crippen LogP contribution in [0, 0.1) is 0 Å². The van der Waals surface area contributed by atoms with Crippen molar-refractivity contribution in [1.29, 1.82) is 0 Å². The Morgan fingerprint density at radius 1 is 0.514 bits per heavy atom. The van der Waals surface area contributed by atoms with Crippen LogP contribution < -0.4 is 14.2 Å². The number of benzene rings is 3. The molecule has 3 aromatic carbocycles. The van der Waals surface area contributed by atoms with E-state index in [1.54, 1.807) is 0 Å². The largest absolute Gasteiger partial charge is 0.456 e. The van der Waals surface area contributed by atoms with Crippen LogP contribution >= 0.6 is 0 Å². The SMILES string of the molecule is CCOC12c3c4cc(C(C)(C)C)cc3Oc3cc(C(C)(C)C)cc(c31)Oc1cc(C(C)(C)C)cc(c12)O4. The van der Waals surface area contributed by atoms with Crippen molar-refractivity contribution in [3.63, 3.8) is 0 Å². The Morgan fingerprint density at radius 3 is 0.946 bits per heavy atom. The molecule has 0 radical (unpaired) electrons. The maximum Gasteiger partial charge on any atom is 0.165 e. The fourth-order valence-electron chi connectivity index (χ4n) is 5.76. The molecule has 0 atom stereocenters. The van der Waals surface area contributed by atoms with E-state index in [0.717, 1.165) is 67.9 Å². The van der Waals surface area contributed by atoms with Crippen molar-refractivity contribution in [1.82, 2.24) is 0 Å². The lowest BCUT2D eigenvalue weighted by molar-refractivity contribution is 0.000442. The summed E-state index contributed by atoms with van der Waals surface area (Å²) in [5.74, 6) is 4.74. The maximum absolute atomic E-state index is 6.89. The van der Waals surface area contributed by atoms with E-state index in [1.807, 2.05) is 0 Å². The first kappa shape index (κ1) is 24.4. The van der Waals surface area contributed by atoms with Gasteiger partial charge in [-0.05, 0) is 76.3 Å². The van der Waals surface area contributed by atoms with E-state index < -0.39 is 5.60 Å². The van der Waals surface area contributed by atoms with Gasteiger partial charge in [-0.1, -0.05) is 62.3 Å². The van der Waals surface area contributed by atoms with Crippen molar-refractivity contribution < 1.29 is 18.9 Å². The molecule has 0 N–H and O–H groups in total. The van der Waals surface area contributed by atoms with Gasteiger partial charge in [0.05, 0.1) is 16.7 Å². The van der Waals surface area contributed by atoms with Crippen LogP contribution in [0.15, 0.2) is 36.4 Å². The smallest absolute Gasteiger partial charge is 0.165 e. The molecule has 0 bridgehead atoms. The molecule has 3 aromatic rings. The van der Waals surface area contributed by atoms with Gasteiger partial charge >= 0.3 is 0 Å². The van der Waals surface area contributed by atoms with Gasteiger partial charge in [0.2, 0.25) is 0 Å². The van der Waals surface area contributed by atoms with Crippen LogP contribution in [0.25, 0.3) is 0 Å².